The second-order valence-corrected chi connectivity index (χ2v) is 4.97. The predicted molar refractivity (Wildman–Crippen MR) is 81.4 cm³/mol. The van der Waals surface area contributed by atoms with E-state index in [1.54, 1.807) is 12.1 Å². The lowest BCUT2D eigenvalue weighted by Crippen LogP contribution is -2.20. The van der Waals surface area contributed by atoms with Crippen LogP contribution in [-0.4, -0.2) is 12.5 Å². The quantitative estimate of drug-likeness (QED) is 0.840. The van der Waals surface area contributed by atoms with Gasteiger partial charge in [0.1, 0.15) is 11.6 Å². The monoisotopic (exact) mass is 328 g/mol. The number of nitrogen functional groups attached to an aromatic ring is 1. The Kier molecular flexibility index (Phi) is 4.88. The van der Waals surface area contributed by atoms with Gasteiger partial charge in [0.05, 0.1) is 15.7 Å². The van der Waals surface area contributed by atoms with Crippen LogP contribution in [0.3, 0.4) is 0 Å². The summed E-state index contributed by atoms with van der Waals surface area (Å²) < 4.78 is 18.7. The van der Waals surface area contributed by atoms with Gasteiger partial charge in [-0.3, -0.25) is 4.79 Å². The fourth-order valence-corrected chi connectivity index (χ4v) is 1.83. The van der Waals surface area contributed by atoms with Crippen molar-refractivity contribution in [2.75, 3.05) is 17.7 Å². The van der Waals surface area contributed by atoms with E-state index in [1.807, 2.05) is 0 Å². The third-order valence-corrected chi connectivity index (χ3v) is 3.26. The molecule has 3 N–H and O–H groups in total. The van der Waals surface area contributed by atoms with Crippen LogP contribution in [0.15, 0.2) is 36.4 Å². The number of benzene rings is 2. The lowest BCUT2D eigenvalue weighted by Gasteiger charge is -2.09. The molecule has 0 aliphatic carbocycles. The van der Waals surface area contributed by atoms with Gasteiger partial charge >= 0.3 is 0 Å². The fourth-order valence-electron chi connectivity index (χ4n) is 1.54. The van der Waals surface area contributed by atoms with Gasteiger partial charge in [0, 0.05) is 11.8 Å². The number of carbonyl (C=O) groups is 1. The van der Waals surface area contributed by atoms with E-state index >= 15 is 0 Å². The van der Waals surface area contributed by atoms with E-state index in [0.29, 0.717) is 21.5 Å². The standard InChI is InChI=1S/C14H11Cl2FN2O2/c15-10-3-2-9(6-11(10)16)21-7-14(20)19-13-5-8(18)1-4-12(13)17/h1-6H,7,18H2,(H,19,20). The van der Waals surface area contributed by atoms with Crippen molar-refractivity contribution in [3.05, 3.63) is 52.3 Å². The number of amides is 1. The Hall–Kier alpha value is -1.98. The first-order valence-corrected chi connectivity index (χ1v) is 6.64. The SMILES string of the molecule is Nc1ccc(F)c(NC(=O)COc2ccc(Cl)c(Cl)c2)c1. The molecule has 2 rings (SSSR count). The summed E-state index contributed by atoms with van der Waals surface area (Å²) in [7, 11) is 0. The van der Waals surface area contributed by atoms with Gasteiger partial charge in [-0.2, -0.15) is 0 Å². The number of anilines is 2. The van der Waals surface area contributed by atoms with Crippen molar-refractivity contribution in [1.29, 1.82) is 0 Å². The molecule has 0 radical (unpaired) electrons. The van der Waals surface area contributed by atoms with Crippen LogP contribution in [0.1, 0.15) is 0 Å². The van der Waals surface area contributed by atoms with Crippen LogP contribution in [0.5, 0.6) is 5.75 Å². The van der Waals surface area contributed by atoms with Crippen LogP contribution < -0.4 is 15.8 Å². The maximum Gasteiger partial charge on any atom is 0.262 e. The van der Waals surface area contributed by atoms with Gasteiger partial charge in [0.2, 0.25) is 0 Å². The topological polar surface area (TPSA) is 64.3 Å². The molecule has 0 heterocycles. The Balaban J connectivity index is 1.95. The third kappa shape index (κ3) is 4.24. The number of rotatable bonds is 4. The van der Waals surface area contributed by atoms with E-state index in [4.69, 9.17) is 33.7 Å². The van der Waals surface area contributed by atoms with E-state index in [9.17, 15) is 9.18 Å². The Bertz CT molecular complexity index is 680. The summed E-state index contributed by atoms with van der Waals surface area (Å²) in [6.07, 6.45) is 0. The number of hydrogen-bond acceptors (Lipinski definition) is 3. The number of hydrogen-bond donors (Lipinski definition) is 2. The van der Waals surface area contributed by atoms with Crippen LogP contribution in [-0.2, 0) is 4.79 Å². The average Bonchev–Trinajstić information content (AvgIpc) is 2.44. The number of ether oxygens (including phenoxy) is 1. The van der Waals surface area contributed by atoms with Gasteiger partial charge in [-0.25, -0.2) is 4.39 Å². The molecule has 0 fully saturated rings. The Morgan fingerprint density at radius 3 is 2.67 bits per heavy atom. The minimum Gasteiger partial charge on any atom is -0.484 e. The van der Waals surface area contributed by atoms with Gasteiger partial charge < -0.3 is 15.8 Å². The second-order valence-electron chi connectivity index (χ2n) is 4.15. The van der Waals surface area contributed by atoms with E-state index < -0.39 is 11.7 Å². The van der Waals surface area contributed by atoms with Crippen LogP contribution in [0.25, 0.3) is 0 Å². The molecule has 0 saturated heterocycles. The molecule has 1 amide bonds. The normalized spacial score (nSPS) is 10.2. The second kappa shape index (κ2) is 6.65. The molecule has 0 spiro atoms. The fraction of sp³-hybridized carbons (Fsp3) is 0.0714. The van der Waals surface area contributed by atoms with Crippen molar-refractivity contribution >= 4 is 40.5 Å². The maximum atomic E-state index is 13.4. The molecule has 0 bridgehead atoms. The molecule has 110 valence electrons. The van der Waals surface area contributed by atoms with Crippen molar-refractivity contribution in [3.8, 4) is 5.75 Å². The minimum absolute atomic E-state index is 0.00209. The molecule has 21 heavy (non-hydrogen) atoms. The lowest BCUT2D eigenvalue weighted by molar-refractivity contribution is -0.118. The first kappa shape index (κ1) is 15.4. The molecule has 0 saturated carbocycles. The third-order valence-electron chi connectivity index (χ3n) is 2.53. The summed E-state index contributed by atoms with van der Waals surface area (Å²) in [5.41, 5.74) is 5.87. The predicted octanol–water partition coefficient (Wildman–Crippen LogP) is 3.73. The zero-order valence-electron chi connectivity index (χ0n) is 10.7. The first-order chi connectivity index (χ1) is 9.95. The first-order valence-electron chi connectivity index (χ1n) is 5.88. The zero-order valence-corrected chi connectivity index (χ0v) is 12.2. The van der Waals surface area contributed by atoms with Crippen molar-refractivity contribution < 1.29 is 13.9 Å². The van der Waals surface area contributed by atoms with Crippen molar-refractivity contribution in [2.24, 2.45) is 0 Å². The zero-order chi connectivity index (χ0) is 15.4. The molecule has 2 aromatic rings. The molecular formula is C14H11Cl2FN2O2. The smallest absolute Gasteiger partial charge is 0.262 e. The van der Waals surface area contributed by atoms with Gasteiger partial charge in [-0.1, -0.05) is 23.2 Å². The summed E-state index contributed by atoms with van der Waals surface area (Å²) in [4.78, 5) is 11.7. The molecule has 4 nitrogen and oxygen atoms in total. The largest absolute Gasteiger partial charge is 0.484 e. The van der Waals surface area contributed by atoms with Crippen LogP contribution in [0.2, 0.25) is 10.0 Å². The summed E-state index contributed by atoms with van der Waals surface area (Å²) in [6, 6.07) is 8.50. The highest BCUT2D eigenvalue weighted by Gasteiger charge is 2.09. The molecule has 0 atom stereocenters. The Labute approximate surface area is 130 Å². The summed E-state index contributed by atoms with van der Waals surface area (Å²) in [6.45, 7) is -0.299. The molecule has 0 aromatic heterocycles. The van der Waals surface area contributed by atoms with Crippen molar-refractivity contribution in [1.82, 2.24) is 0 Å². The Morgan fingerprint density at radius 2 is 1.95 bits per heavy atom. The minimum atomic E-state index is -0.577. The highest BCUT2D eigenvalue weighted by molar-refractivity contribution is 6.42. The lowest BCUT2D eigenvalue weighted by atomic mass is 10.2. The number of nitrogens with two attached hydrogens (primary N) is 1. The van der Waals surface area contributed by atoms with Gasteiger partial charge in [0.25, 0.3) is 5.91 Å². The summed E-state index contributed by atoms with van der Waals surface area (Å²) >= 11 is 11.6. The van der Waals surface area contributed by atoms with Crippen molar-refractivity contribution in [3.63, 3.8) is 0 Å². The molecular weight excluding hydrogens is 318 g/mol. The molecule has 0 aliphatic heterocycles. The van der Waals surface area contributed by atoms with Crippen LogP contribution >= 0.6 is 23.2 Å². The maximum absolute atomic E-state index is 13.4. The van der Waals surface area contributed by atoms with Crippen LogP contribution in [0.4, 0.5) is 15.8 Å². The van der Waals surface area contributed by atoms with E-state index in [2.05, 4.69) is 5.32 Å². The number of carbonyl (C=O) groups excluding carboxylic acids is 1. The molecule has 0 unspecified atom stereocenters. The summed E-state index contributed by atoms with van der Waals surface area (Å²) in [5.74, 6) is -0.717. The molecule has 2 aromatic carbocycles. The highest BCUT2D eigenvalue weighted by Crippen LogP contribution is 2.26. The number of halogens is 3. The Morgan fingerprint density at radius 1 is 1.19 bits per heavy atom. The van der Waals surface area contributed by atoms with Crippen LogP contribution in [0, 0.1) is 5.82 Å². The van der Waals surface area contributed by atoms with Gasteiger partial charge in [-0.05, 0) is 30.3 Å². The van der Waals surface area contributed by atoms with E-state index in [-0.39, 0.29) is 12.3 Å². The van der Waals surface area contributed by atoms with Gasteiger partial charge in [0.15, 0.2) is 6.61 Å². The highest BCUT2D eigenvalue weighted by atomic mass is 35.5. The van der Waals surface area contributed by atoms with Crippen molar-refractivity contribution in [2.45, 2.75) is 0 Å². The van der Waals surface area contributed by atoms with E-state index in [1.165, 1.54) is 24.3 Å². The average molecular weight is 329 g/mol. The van der Waals surface area contributed by atoms with E-state index in [0.717, 1.165) is 0 Å². The number of nitrogens with one attached hydrogen (secondary N) is 1. The molecule has 0 aliphatic rings. The molecule has 7 heteroatoms. The van der Waals surface area contributed by atoms with Gasteiger partial charge in [-0.15, -0.1) is 0 Å². The summed E-state index contributed by atoms with van der Waals surface area (Å²) in [5, 5.41) is 3.07.